The van der Waals surface area contributed by atoms with Gasteiger partial charge in [-0.2, -0.15) is 0 Å². The molecule has 8 aromatic carbocycles. The Kier molecular flexibility index (Phi) is 11.0. The molecule has 0 fully saturated rings. The van der Waals surface area contributed by atoms with Crippen LogP contribution in [-0.4, -0.2) is 12.1 Å². The van der Waals surface area contributed by atoms with Crippen molar-refractivity contribution in [2.75, 3.05) is 4.90 Å². The van der Waals surface area contributed by atoms with Gasteiger partial charge in [-0.25, -0.2) is 4.99 Å². The first-order valence-corrected chi connectivity index (χ1v) is 24.0. The van der Waals surface area contributed by atoms with Crippen LogP contribution >= 0.6 is 0 Å². The van der Waals surface area contributed by atoms with Crippen LogP contribution in [0.4, 0.5) is 11.4 Å². The van der Waals surface area contributed by atoms with Crippen molar-refractivity contribution in [2.45, 2.75) is 31.2 Å². The predicted octanol–water partition coefficient (Wildman–Crippen LogP) is 16.6. The van der Waals surface area contributed by atoms with Crippen molar-refractivity contribution < 1.29 is 9.47 Å². The first-order valence-electron chi connectivity index (χ1n) is 24.0. The number of hydrogen-bond acceptors (Lipinski definition) is 4. The molecule has 2 aliphatic heterocycles. The van der Waals surface area contributed by atoms with E-state index in [9.17, 15) is 0 Å². The molecule has 0 bridgehead atoms. The number of amidine groups is 1. The number of fused-ring (bicyclic) bond motifs is 6. The van der Waals surface area contributed by atoms with Crippen LogP contribution in [-0.2, 0) is 5.41 Å². The van der Waals surface area contributed by atoms with Gasteiger partial charge in [0.15, 0.2) is 28.8 Å². The molecule has 5 heteroatoms. The summed E-state index contributed by atoms with van der Waals surface area (Å²) < 4.78 is 14.0. The van der Waals surface area contributed by atoms with Crippen molar-refractivity contribution >= 4 is 34.6 Å². The Bertz CT molecular complexity index is 3450. The highest BCUT2D eigenvalue weighted by atomic mass is 16.6. The molecule has 0 saturated heterocycles. The molecule has 336 valence electrons. The molecule has 70 heavy (non-hydrogen) atoms. The Morgan fingerprint density at radius 3 is 2.09 bits per heavy atom. The fraction of sp³-hybridized carbons (Fsp3) is 0.0769. The molecule has 0 radical (unpaired) electrons. The third-order valence-corrected chi connectivity index (χ3v) is 13.9. The molecule has 0 N–H and O–H groups in total. The van der Waals surface area contributed by atoms with Gasteiger partial charge in [-0.15, -0.1) is 0 Å². The maximum Gasteiger partial charge on any atom is 0.178 e. The molecular weight excluding hydrogens is 855 g/mol. The first-order chi connectivity index (χ1) is 34.5. The lowest BCUT2D eigenvalue weighted by molar-refractivity contribution is 0.359. The Hall–Kier alpha value is -8.80. The van der Waals surface area contributed by atoms with E-state index in [1.807, 2.05) is 66.9 Å². The molecule has 5 nitrogen and oxygen atoms in total. The Labute approximate surface area is 409 Å². The summed E-state index contributed by atoms with van der Waals surface area (Å²) in [6.07, 6.45) is 16.6. The molecule has 0 aromatic heterocycles. The van der Waals surface area contributed by atoms with Gasteiger partial charge < -0.3 is 14.4 Å². The van der Waals surface area contributed by atoms with Crippen LogP contribution in [0.2, 0.25) is 0 Å². The largest absolute Gasteiger partial charge is 0.449 e. The van der Waals surface area contributed by atoms with Crippen molar-refractivity contribution in [2.24, 2.45) is 9.98 Å². The normalized spacial score (nSPS) is 16.7. The smallest absolute Gasteiger partial charge is 0.178 e. The van der Waals surface area contributed by atoms with Gasteiger partial charge in [0.05, 0.1) is 17.1 Å². The van der Waals surface area contributed by atoms with E-state index in [1.54, 1.807) is 0 Å². The monoisotopic (exact) mass is 903 g/mol. The van der Waals surface area contributed by atoms with Gasteiger partial charge in [-0.1, -0.05) is 183 Å². The quantitative estimate of drug-likeness (QED) is 0.113. The molecule has 4 aliphatic rings. The lowest BCUT2D eigenvalue weighted by atomic mass is 9.66. The third-order valence-electron chi connectivity index (χ3n) is 13.9. The number of hydrogen-bond donors (Lipinski definition) is 0. The van der Waals surface area contributed by atoms with Gasteiger partial charge in [0.25, 0.3) is 0 Å². The molecule has 0 saturated carbocycles. The van der Waals surface area contributed by atoms with Crippen molar-refractivity contribution in [3.63, 3.8) is 0 Å². The molecule has 1 unspecified atom stereocenters. The predicted molar refractivity (Wildman–Crippen MR) is 288 cm³/mol. The van der Waals surface area contributed by atoms with Crippen LogP contribution in [0, 0.1) is 0 Å². The van der Waals surface area contributed by atoms with E-state index in [1.165, 1.54) is 27.8 Å². The third kappa shape index (κ3) is 7.44. The molecule has 0 amide bonds. The van der Waals surface area contributed by atoms with E-state index in [-0.39, 0.29) is 6.04 Å². The average molecular weight is 904 g/mol. The van der Waals surface area contributed by atoms with E-state index >= 15 is 0 Å². The standard InChI is InChI=1S/C65H49N3O2/c1-44-19-16-17-42-68(58-30-15-13-26-53(44)58)52-38-36-49(37-39-52)64(66-43-46-20-6-3-7-21-46)67-45(2)47-32-34-48(35-33-47)54-28-18-31-59-62(54)70-63-60(69-59)41-40-57-61(63)55-27-12-14-29-56(55)65(57,50-22-8-4-9-23-50)51-24-10-5-11-25-51/h3-11,13-26,28-43,45H,1,12,27H2,2H3/b19-16-,42-17-,66-43?,67-64?. The highest BCUT2D eigenvalue weighted by molar-refractivity contribution is 6.05. The minimum Gasteiger partial charge on any atom is -0.449 e. The second-order valence-corrected chi connectivity index (χ2v) is 18.0. The van der Waals surface area contributed by atoms with E-state index in [2.05, 4.69) is 188 Å². The van der Waals surface area contributed by atoms with Crippen LogP contribution < -0.4 is 14.4 Å². The summed E-state index contributed by atoms with van der Waals surface area (Å²) in [5.74, 6) is 3.56. The maximum absolute atomic E-state index is 7.21. The molecular formula is C65H49N3O2. The summed E-state index contributed by atoms with van der Waals surface area (Å²) in [5.41, 5.74) is 16.1. The summed E-state index contributed by atoms with van der Waals surface area (Å²) in [7, 11) is 0. The number of para-hydroxylation sites is 2. The van der Waals surface area contributed by atoms with Crippen molar-refractivity contribution in [3.8, 4) is 34.1 Å². The van der Waals surface area contributed by atoms with Crippen LogP contribution in [0.1, 0.15) is 70.3 Å². The zero-order chi connectivity index (χ0) is 47.0. The number of allylic oxidation sites excluding steroid dienone is 8. The highest BCUT2D eigenvalue weighted by Crippen LogP contribution is 2.63. The second kappa shape index (κ2) is 18.0. The Morgan fingerprint density at radius 1 is 0.643 bits per heavy atom. The molecule has 2 heterocycles. The Morgan fingerprint density at radius 2 is 1.33 bits per heavy atom. The summed E-state index contributed by atoms with van der Waals surface area (Å²) >= 11 is 0. The summed E-state index contributed by atoms with van der Waals surface area (Å²) in [5, 5.41) is 0. The number of benzene rings is 8. The van der Waals surface area contributed by atoms with Crippen LogP contribution in [0.15, 0.2) is 253 Å². The van der Waals surface area contributed by atoms with Crippen LogP contribution in [0.3, 0.4) is 0 Å². The summed E-state index contributed by atoms with van der Waals surface area (Å²) in [4.78, 5) is 12.5. The van der Waals surface area contributed by atoms with Crippen LogP contribution in [0.5, 0.6) is 23.0 Å². The number of anilines is 2. The molecule has 8 aromatic rings. The molecule has 1 atom stereocenters. The summed E-state index contributed by atoms with van der Waals surface area (Å²) in [6.45, 7) is 6.44. The minimum absolute atomic E-state index is 0.195. The van der Waals surface area contributed by atoms with Crippen molar-refractivity contribution in [3.05, 3.63) is 287 Å². The highest BCUT2D eigenvalue weighted by Gasteiger charge is 2.49. The van der Waals surface area contributed by atoms with Crippen molar-refractivity contribution in [1.82, 2.24) is 0 Å². The van der Waals surface area contributed by atoms with Gasteiger partial charge in [-0.05, 0) is 118 Å². The Balaban J connectivity index is 0.875. The average Bonchev–Trinajstić information content (AvgIpc) is 3.73. The lowest BCUT2D eigenvalue weighted by Crippen LogP contribution is -2.29. The van der Waals surface area contributed by atoms with E-state index in [0.29, 0.717) is 17.3 Å². The van der Waals surface area contributed by atoms with Gasteiger partial charge in [0.2, 0.25) is 0 Å². The molecule has 2 aliphatic carbocycles. The fourth-order valence-electron chi connectivity index (χ4n) is 10.6. The van der Waals surface area contributed by atoms with Gasteiger partial charge >= 0.3 is 0 Å². The zero-order valence-corrected chi connectivity index (χ0v) is 38.9. The van der Waals surface area contributed by atoms with E-state index in [0.717, 1.165) is 80.2 Å². The SMILES string of the molecule is C=C1/C=C\C=C/N(c2ccc(C(N=Cc3ccccc3)=NC(C)c3ccc(-c4cccc5c4Oc4c(ccc6c4C4=C(C=CCC4)C6(c4ccccc4)c4ccccc4)O5)cc3)cc2)c2ccccc21. The molecule has 12 rings (SSSR count). The summed E-state index contributed by atoms with van der Waals surface area (Å²) in [6, 6.07) is 67.7. The zero-order valence-electron chi connectivity index (χ0n) is 38.9. The molecule has 0 spiro atoms. The van der Waals surface area contributed by atoms with Crippen LogP contribution in [0.25, 0.3) is 22.3 Å². The minimum atomic E-state index is -0.502. The lowest BCUT2D eigenvalue weighted by Gasteiger charge is -2.35. The maximum atomic E-state index is 7.21. The topological polar surface area (TPSA) is 46.4 Å². The van der Waals surface area contributed by atoms with E-state index < -0.39 is 5.41 Å². The number of nitrogens with zero attached hydrogens (tertiary/aromatic N) is 3. The van der Waals surface area contributed by atoms with Gasteiger partial charge in [0, 0.05) is 40.4 Å². The number of aliphatic imine (C=N–C) groups is 2. The number of ether oxygens (including phenoxy) is 2. The van der Waals surface area contributed by atoms with Crippen molar-refractivity contribution in [1.29, 1.82) is 0 Å². The first kappa shape index (κ1) is 42.5. The van der Waals surface area contributed by atoms with Gasteiger partial charge in [0.1, 0.15) is 0 Å². The van der Waals surface area contributed by atoms with Gasteiger partial charge in [-0.3, -0.25) is 4.99 Å². The second-order valence-electron chi connectivity index (χ2n) is 18.0. The fourth-order valence-corrected chi connectivity index (χ4v) is 10.6. The van der Waals surface area contributed by atoms with E-state index in [4.69, 9.17) is 19.5 Å². The number of rotatable bonds is 8.